The predicted octanol–water partition coefficient (Wildman–Crippen LogP) is 3.07. The van der Waals surface area contributed by atoms with Gasteiger partial charge in [-0.25, -0.2) is 4.21 Å². The summed E-state index contributed by atoms with van der Waals surface area (Å²) in [6.07, 6.45) is 8.45. The maximum absolute atomic E-state index is 12.3. The Hall–Kier alpha value is -1.88. The highest BCUT2D eigenvalue weighted by molar-refractivity contribution is 7.86. The number of allylic oxidation sites excluding steroid dienone is 3. The largest absolute Gasteiger partial charge is 0.480 e. The monoisotopic (exact) mass is 307 g/mol. The van der Waals surface area contributed by atoms with Crippen molar-refractivity contribution in [2.45, 2.75) is 20.3 Å². The van der Waals surface area contributed by atoms with Gasteiger partial charge in [0.1, 0.15) is 17.5 Å². The molecule has 4 nitrogen and oxygen atoms in total. The van der Waals surface area contributed by atoms with Gasteiger partial charge >= 0.3 is 5.97 Å². The quantitative estimate of drug-likeness (QED) is 0.751. The molecule has 1 N–H and O–H groups in total. The van der Waals surface area contributed by atoms with E-state index < -0.39 is 17.0 Å². The van der Waals surface area contributed by atoms with Crippen LogP contribution in [0.5, 0.6) is 0 Å². The number of nitrogens with zero attached hydrogens (tertiary/aromatic N) is 1. The maximum Gasteiger partial charge on any atom is 0.324 e. The molecule has 0 saturated heterocycles. The highest BCUT2D eigenvalue weighted by Gasteiger charge is 2.16. The summed E-state index contributed by atoms with van der Waals surface area (Å²) in [6, 6.07) is 7.33. The summed E-state index contributed by atoms with van der Waals surface area (Å²) < 4.78 is 13.7. The van der Waals surface area contributed by atoms with Crippen LogP contribution in [0.25, 0.3) is 0 Å². The van der Waals surface area contributed by atoms with Crippen molar-refractivity contribution < 1.29 is 14.1 Å². The van der Waals surface area contributed by atoms with E-state index in [0.717, 1.165) is 12.0 Å². The van der Waals surface area contributed by atoms with Crippen molar-refractivity contribution in [3.05, 3.63) is 54.1 Å². The lowest BCUT2D eigenvalue weighted by Crippen LogP contribution is -2.32. The Morgan fingerprint density at radius 3 is 2.43 bits per heavy atom. The highest BCUT2D eigenvalue weighted by Crippen LogP contribution is 2.17. The molecule has 1 unspecified atom stereocenters. The predicted molar refractivity (Wildman–Crippen MR) is 87.7 cm³/mol. The Bertz CT molecular complexity index is 535. The van der Waals surface area contributed by atoms with E-state index in [1.54, 1.807) is 18.2 Å². The Balaban J connectivity index is 2.79. The number of aryl methyl sites for hydroxylation is 1. The van der Waals surface area contributed by atoms with Crippen molar-refractivity contribution in [2.75, 3.05) is 16.6 Å². The van der Waals surface area contributed by atoms with Crippen molar-refractivity contribution in [1.82, 2.24) is 0 Å². The van der Waals surface area contributed by atoms with E-state index in [1.165, 1.54) is 4.31 Å². The first-order valence-electron chi connectivity index (χ1n) is 6.80. The van der Waals surface area contributed by atoms with Crippen molar-refractivity contribution in [2.24, 2.45) is 0 Å². The average molecular weight is 307 g/mol. The smallest absolute Gasteiger partial charge is 0.324 e. The molecular formula is C16H21NO3S. The second-order valence-electron chi connectivity index (χ2n) is 4.52. The van der Waals surface area contributed by atoms with Gasteiger partial charge in [0.2, 0.25) is 0 Å². The molecule has 1 rings (SSSR count). The number of carboxylic acid groups (broad SMARTS) is 1. The molecular weight excluding hydrogens is 286 g/mol. The Labute approximate surface area is 128 Å². The molecule has 21 heavy (non-hydrogen) atoms. The van der Waals surface area contributed by atoms with E-state index >= 15 is 0 Å². The maximum atomic E-state index is 12.3. The normalized spacial score (nSPS) is 12.9. The summed E-state index contributed by atoms with van der Waals surface area (Å²) in [5.41, 5.74) is 1.73. The van der Waals surface area contributed by atoms with Gasteiger partial charge in [0.25, 0.3) is 0 Å². The van der Waals surface area contributed by atoms with Crippen LogP contribution < -0.4 is 4.31 Å². The fourth-order valence-electron chi connectivity index (χ4n) is 1.64. The summed E-state index contributed by atoms with van der Waals surface area (Å²) in [7, 11) is -1.41. The van der Waals surface area contributed by atoms with Gasteiger partial charge in [-0.3, -0.25) is 9.10 Å². The summed E-state index contributed by atoms with van der Waals surface area (Å²) >= 11 is 0. The van der Waals surface area contributed by atoms with Gasteiger partial charge in [-0.2, -0.15) is 0 Å². The number of hydrogen-bond donors (Lipinski definition) is 1. The Morgan fingerprint density at radius 2 is 1.86 bits per heavy atom. The van der Waals surface area contributed by atoms with Gasteiger partial charge in [-0.15, -0.1) is 0 Å². The van der Waals surface area contributed by atoms with Gasteiger partial charge in [-0.1, -0.05) is 48.9 Å². The van der Waals surface area contributed by atoms with Gasteiger partial charge < -0.3 is 5.11 Å². The molecule has 0 aliphatic heterocycles. The molecule has 114 valence electrons. The molecule has 0 radical (unpaired) electrons. The molecule has 0 aliphatic rings. The highest BCUT2D eigenvalue weighted by atomic mass is 32.2. The summed E-state index contributed by atoms with van der Waals surface area (Å²) in [5, 5.41) is 8.98. The first-order chi connectivity index (χ1) is 10.0. The van der Waals surface area contributed by atoms with E-state index in [2.05, 4.69) is 0 Å². The van der Waals surface area contributed by atoms with Crippen molar-refractivity contribution in [3.8, 4) is 0 Å². The van der Waals surface area contributed by atoms with Crippen molar-refractivity contribution >= 4 is 22.6 Å². The van der Waals surface area contributed by atoms with Crippen LogP contribution in [-0.2, 0) is 15.8 Å². The third kappa shape index (κ3) is 6.40. The molecule has 0 saturated carbocycles. The third-order valence-electron chi connectivity index (χ3n) is 2.70. The topological polar surface area (TPSA) is 57.6 Å². The lowest BCUT2D eigenvalue weighted by Gasteiger charge is -2.20. The molecule has 0 aromatic heterocycles. The first kappa shape index (κ1) is 17.2. The minimum atomic E-state index is -1.41. The fraction of sp³-hybridized carbons (Fsp3) is 0.312. The average Bonchev–Trinajstić information content (AvgIpc) is 2.45. The molecule has 0 amide bonds. The summed E-state index contributed by atoms with van der Waals surface area (Å²) in [6.45, 7) is 3.70. The first-order valence-corrected chi connectivity index (χ1v) is 8.08. The molecule has 0 fully saturated rings. The third-order valence-corrected chi connectivity index (χ3v) is 4.01. The second kappa shape index (κ2) is 9.13. The summed E-state index contributed by atoms with van der Waals surface area (Å²) in [4.78, 5) is 11.0. The van der Waals surface area contributed by atoms with Crippen molar-refractivity contribution in [3.63, 3.8) is 0 Å². The number of aliphatic carboxylic acids is 1. The minimum absolute atomic E-state index is 0.283. The summed E-state index contributed by atoms with van der Waals surface area (Å²) in [5.74, 6) is -0.714. The van der Waals surface area contributed by atoms with Crippen LogP contribution in [0.2, 0.25) is 0 Å². The molecule has 0 aliphatic carbocycles. The van der Waals surface area contributed by atoms with E-state index in [0.29, 0.717) is 5.69 Å². The van der Waals surface area contributed by atoms with Gasteiger partial charge in [0.05, 0.1) is 5.75 Å². The van der Waals surface area contributed by atoms with Crippen LogP contribution in [0.3, 0.4) is 0 Å². The van der Waals surface area contributed by atoms with E-state index in [1.807, 2.05) is 44.2 Å². The van der Waals surface area contributed by atoms with E-state index in [-0.39, 0.29) is 12.3 Å². The number of hydrogen-bond acceptors (Lipinski definition) is 2. The molecule has 0 heterocycles. The van der Waals surface area contributed by atoms with Crippen LogP contribution in [-0.4, -0.2) is 27.6 Å². The molecule has 0 spiro atoms. The molecule has 0 bridgehead atoms. The lowest BCUT2D eigenvalue weighted by molar-refractivity contribution is -0.135. The van der Waals surface area contributed by atoms with Gasteiger partial charge in [0.15, 0.2) is 0 Å². The molecule has 1 aromatic rings. The van der Waals surface area contributed by atoms with E-state index in [9.17, 15) is 9.00 Å². The van der Waals surface area contributed by atoms with Crippen LogP contribution in [0.1, 0.15) is 18.9 Å². The van der Waals surface area contributed by atoms with Crippen LogP contribution in [0.4, 0.5) is 5.69 Å². The van der Waals surface area contributed by atoms with Crippen LogP contribution in [0.15, 0.2) is 48.6 Å². The van der Waals surface area contributed by atoms with Gasteiger partial charge in [-0.05, 0) is 25.5 Å². The number of benzene rings is 1. The Kier molecular flexibility index (Phi) is 7.46. The van der Waals surface area contributed by atoms with Crippen LogP contribution >= 0.6 is 0 Å². The zero-order valence-corrected chi connectivity index (χ0v) is 13.2. The molecule has 1 atom stereocenters. The van der Waals surface area contributed by atoms with Gasteiger partial charge in [0, 0.05) is 5.69 Å². The Morgan fingerprint density at radius 1 is 1.24 bits per heavy atom. The number of carboxylic acids is 1. The number of rotatable bonds is 8. The zero-order chi connectivity index (χ0) is 15.7. The minimum Gasteiger partial charge on any atom is -0.480 e. The zero-order valence-electron chi connectivity index (χ0n) is 12.4. The molecule has 5 heteroatoms. The standard InChI is InChI=1S/C16H21NO3S/c1-3-4-5-6-7-12-21(20)17(13-16(18)19)15-10-8-14(2)9-11-15/h4-11H,3,12-13H2,1-2H3,(H,18,19)/b5-4-,7-6-. The SMILES string of the molecule is CC/C=C\C=C/CS(=O)N(CC(=O)O)c1ccc(C)cc1. The van der Waals surface area contributed by atoms with Crippen LogP contribution in [0, 0.1) is 6.92 Å². The lowest BCUT2D eigenvalue weighted by atomic mass is 10.2. The molecule has 1 aromatic carbocycles. The van der Waals surface area contributed by atoms with Crippen molar-refractivity contribution in [1.29, 1.82) is 0 Å². The number of carbonyl (C=O) groups is 1. The number of anilines is 1. The second-order valence-corrected chi connectivity index (χ2v) is 5.94. The van der Waals surface area contributed by atoms with E-state index in [4.69, 9.17) is 5.11 Å². The fourth-order valence-corrected chi connectivity index (χ4v) is 2.70.